The van der Waals surface area contributed by atoms with Gasteiger partial charge in [0, 0.05) is 6.04 Å². The van der Waals surface area contributed by atoms with Crippen molar-refractivity contribution in [2.75, 3.05) is 0 Å². The van der Waals surface area contributed by atoms with Crippen LogP contribution in [-0.4, -0.2) is 29.4 Å². The molecule has 4 N–H and O–H groups in total. The number of nitrogens with zero attached hydrogens (tertiary/aromatic N) is 1. The summed E-state index contributed by atoms with van der Waals surface area (Å²) in [7, 11) is 0. The predicted octanol–water partition coefficient (Wildman–Crippen LogP) is 1.49. The van der Waals surface area contributed by atoms with E-state index >= 15 is 0 Å². The fraction of sp³-hybridized carbons (Fsp3) is 0.846. The third-order valence-corrected chi connectivity index (χ3v) is 3.46. The predicted molar refractivity (Wildman–Crippen MR) is 71.6 cm³/mol. The summed E-state index contributed by atoms with van der Waals surface area (Å²) < 4.78 is 0. The van der Waals surface area contributed by atoms with Crippen LogP contribution < -0.4 is 11.1 Å². The van der Waals surface area contributed by atoms with Crippen LogP contribution in [0, 0.1) is 11.8 Å². The lowest BCUT2D eigenvalue weighted by molar-refractivity contribution is -0.126. The minimum absolute atomic E-state index is 0.00671. The minimum atomic E-state index is -0.211. The van der Waals surface area contributed by atoms with Gasteiger partial charge in [-0.1, -0.05) is 31.8 Å². The molecule has 0 aromatic rings. The normalized spacial score (nSPS) is 26.4. The van der Waals surface area contributed by atoms with E-state index in [1.807, 2.05) is 0 Å². The maximum Gasteiger partial charge on any atom is 0.225 e. The molecule has 0 aromatic carbocycles. The summed E-state index contributed by atoms with van der Waals surface area (Å²) in [5.41, 5.74) is 5.99. The summed E-state index contributed by atoms with van der Waals surface area (Å²) in [4.78, 5) is 12.1. The first kappa shape index (κ1) is 15.0. The molecule has 5 heteroatoms. The van der Waals surface area contributed by atoms with Crippen molar-refractivity contribution in [1.82, 2.24) is 5.32 Å². The molecule has 1 aliphatic rings. The fourth-order valence-corrected chi connectivity index (χ4v) is 2.52. The molecule has 0 aliphatic heterocycles. The third kappa shape index (κ3) is 4.64. The Hall–Kier alpha value is -1.10. The van der Waals surface area contributed by atoms with Gasteiger partial charge in [-0.05, 0) is 25.2 Å². The summed E-state index contributed by atoms with van der Waals surface area (Å²) in [5, 5.41) is 14.6. The average molecular weight is 255 g/mol. The largest absolute Gasteiger partial charge is 0.411 e. The molecule has 104 valence electrons. The van der Waals surface area contributed by atoms with Crippen molar-refractivity contribution in [3.8, 4) is 0 Å². The second-order valence-corrected chi connectivity index (χ2v) is 5.56. The summed E-state index contributed by atoms with van der Waals surface area (Å²) in [6, 6.07) is -0.249. The van der Waals surface area contributed by atoms with Crippen LogP contribution in [0.2, 0.25) is 0 Å². The first-order chi connectivity index (χ1) is 8.54. The number of carbonyl (C=O) groups excluding carboxylic acids is 1. The Morgan fingerprint density at radius 2 is 2.17 bits per heavy atom. The number of rotatable bonds is 5. The van der Waals surface area contributed by atoms with E-state index in [1.165, 1.54) is 6.21 Å². The minimum Gasteiger partial charge on any atom is -0.411 e. The molecule has 0 aromatic heterocycles. The molecule has 1 saturated carbocycles. The first-order valence-corrected chi connectivity index (χ1v) is 6.78. The maximum atomic E-state index is 12.1. The number of hydrogen-bond acceptors (Lipinski definition) is 4. The SMILES string of the molecule is CC(C)CC(C=NO)NC(=O)[C@@H]1CCCC[C@@H]1N. The lowest BCUT2D eigenvalue weighted by atomic mass is 9.84. The summed E-state index contributed by atoms with van der Waals surface area (Å²) >= 11 is 0. The number of amides is 1. The first-order valence-electron chi connectivity index (χ1n) is 6.78. The third-order valence-electron chi connectivity index (χ3n) is 3.46. The van der Waals surface area contributed by atoms with Crippen LogP contribution in [0.1, 0.15) is 46.0 Å². The van der Waals surface area contributed by atoms with Crippen LogP contribution in [0.15, 0.2) is 5.16 Å². The number of nitrogens with two attached hydrogens (primary N) is 1. The van der Waals surface area contributed by atoms with Gasteiger partial charge in [-0.2, -0.15) is 0 Å². The standard InChI is InChI=1S/C13H25N3O2/c1-9(2)7-10(8-15-18)16-13(17)11-5-3-4-6-12(11)14/h8-12,18H,3-7,14H2,1-2H3,(H,16,17)/t10?,11-,12+/m1/s1. The van der Waals surface area contributed by atoms with Gasteiger partial charge in [-0.25, -0.2) is 0 Å². The molecule has 5 nitrogen and oxygen atoms in total. The highest BCUT2D eigenvalue weighted by atomic mass is 16.4. The molecular weight excluding hydrogens is 230 g/mol. The smallest absolute Gasteiger partial charge is 0.225 e. The van der Waals surface area contributed by atoms with E-state index in [9.17, 15) is 4.79 Å². The molecular formula is C13H25N3O2. The van der Waals surface area contributed by atoms with E-state index in [4.69, 9.17) is 10.9 Å². The molecule has 1 unspecified atom stereocenters. The van der Waals surface area contributed by atoms with E-state index in [0.29, 0.717) is 5.92 Å². The van der Waals surface area contributed by atoms with Gasteiger partial charge in [-0.3, -0.25) is 4.79 Å². The second kappa shape index (κ2) is 7.36. The molecule has 1 rings (SSSR count). The van der Waals surface area contributed by atoms with Gasteiger partial charge in [0.1, 0.15) is 0 Å². The second-order valence-electron chi connectivity index (χ2n) is 5.56. The highest BCUT2D eigenvalue weighted by molar-refractivity contribution is 5.83. The lowest BCUT2D eigenvalue weighted by Gasteiger charge is -2.29. The van der Waals surface area contributed by atoms with Crippen LogP contribution in [0.4, 0.5) is 0 Å². The molecule has 0 radical (unpaired) electrons. The Bertz CT molecular complexity index is 292. The number of carbonyl (C=O) groups is 1. The van der Waals surface area contributed by atoms with Crippen LogP contribution in [0.5, 0.6) is 0 Å². The van der Waals surface area contributed by atoms with E-state index in [1.54, 1.807) is 0 Å². The summed E-state index contributed by atoms with van der Waals surface area (Å²) in [6.07, 6.45) is 6.09. The quantitative estimate of drug-likeness (QED) is 0.395. The van der Waals surface area contributed by atoms with Crippen molar-refractivity contribution in [3.05, 3.63) is 0 Å². The van der Waals surface area contributed by atoms with Crippen molar-refractivity contribution in [3.63, 3.8) is 0 Å². The van der Waals surface area contributed by atoms with Gasteiger partial charge in [-0.15, -0.1) is 0 Å². The van der Waals surface area contributed by atoms with Gasteiger partial charge in [0.05, 0.1) is 18.2 Å². The van der Waals surface area contributed by atoms with E-state index < -0.39 is 0 Å². The Labute approximate surface area is 109 Å². The van der Waals surface area contributed by atoms with Crippen LogP contribution in [0.25, 0.3) is 0 Å². The molecule has 1 fully saturated rings. The monoisotopic (exact) mass is 255 g/mol. The van der Waals surface area contributed by atoms with Crippen LogP contribution in [0.3, 0.4) is 0 Å². The number of nitrogens with one attached hydrogen (secondary N) is 1. The summed E-state index contributed by atoms with van der Waals surface area (Å²) in [6.45, 7) is 4.13. The highest BCUT2D eigenvalue weighted by Crippen LogP contribution is 2.23. The molecule has 3 atom stereocenters. The zero-order chi connectivity index (χ0) is 13.5. The molecule has 1 amide bonds. The van der Waals surface area contributed by atoms with Crippen molar-refractivity contribution in [2.45, 2.75) is 58.0 Å². The van der Waals surface area contributed by atoms with Crippen LogP contribution in [-0.2, 0) is 4.79 Å². The number of oxime groups is 1. The lowest BCUT2D eigenvalue weighted by Crippen LogP contribution is -2.47. The fourth-order valence-electron chi connectivity index (χ4n) is 2.52. The van der Waals surface area contributed by atoms with Crippen molar-refractivity contribution in [1.29, 1.82) is 0 Å². The Morgan fingerprint density at radius 3 is 2.72 bits per heavy atom. The van der Waals surface area contributed by atoms with Gasteiger partial charge in [0.2, 0.25) is 5.91 Å². The Morgan fingerprint density at radius 1 is 1.50 bits per heavy atom. The van der Waals surface area contributed by atoms with Gasteiger partial charge < -0.3 is 16.3 Å². The molecule has 1 aliphatic carbocycles. The molecule has 0 bridgehead atoms. The van der Waals surface area contributed by atoms with Crippen LogP contribution >= 0.6 is 0 Å². The van der Waals surface area contributed by atoms with Gasteiger partial charge in [0.25, 0.3) is 0 Å². The van der Waals surface area contributed by atoms with Crippen molar-refractivity contribution >= 4 is 12.1 Å². The molecule has 0 heterocycles. The zero-order valence-electron chi connectivity index (χ0n) is 11.3. The molecule has 0 saturated heterocycles. The maximum absolute atomic E-state index is 12.1. The zero-order valence-corrected chi connectivity index (χ0v) is 11.3. The molecule has 0 spiro atoms. The Balaban J connectivity index is 2.54. The number of hydrogen-bond donors (Lipinski definition) is 3. The van der Waals surface area contributed by atoms with E-state index in [0.717, 1.165) is 32.1 Å². The van der Waals surface area contributed by atoms with Crippen molar-refractivity contribution in [2.24, 2.45) is 22.7 Å². The average Bonchev–Trinajstić information content (AvgIpc) is 2.28. The van der Waals surface area contributed by atoms with E-state index in [2.05, 4.69) is 24.3 Å². The van der Waals surface area contributed by atoms with Gasteiger partial charge in [0.15, 0.2) is 0 Å². The topological polar surface area (TPSA) is 87.7 Å². The summed E-state index contributed by atoms with van der Waals surface area (Å²) in [5.74, 6) is 0.321. The highest BCUT2D eigenvalue weighted by Gasteiger charge is 2.29. The molecule has 18 heavy (non-hydrogen) atoms. The van der Waals surface area contributed by atoms with Crippen molar-refractivity contribution < 1.29 is 10.0 Å². The van der Waals surface area contributed by atoms with E-state index in [-0.39, 0.29) is 23.9 Å². The Kier molecular flexibility index (Phi) is 6.12. The van der Waals surface area contributed by atoms with Gasteiger partial charge >= 0.3 is 0 Å².